The first-order valence-corrected chi connectivity index (χ1v) is 6.85. The number of rotatable bonds is 4. The number of carbonyl (C=O) groups excluding carboxylic acids is 1. The molecule has 0 bridgehead atoms. The molecule has 1 amide bonds. The molecule has 0 unspecified atom stereocenters. The molecule has 1 N–H and O–H groups in total. The Kier molecular flexibility index (Phi) is 3.91. The Balaban J connectivity index is 1.65. The van der Waals surface area contributed by atoms with E-state index in [4.69, 9.17) is 0 Å². The number of pyridine rings is 1. The summed E-state index contributed by atoms with van der Waals surface area (Å²) in [6.07, 6.45) is 5.89. The van der Waals surface area contributed by atoms with Crippen LogP contribution in [-0.4, -0.2) is 25.7 Å². The molecule has 0 aliphatic carbocycles. The van der Waals surface area contributed by atoms with Crippen molar-refractivity contribution in [3.63, 3.8) is 0 Å². The molecule has 0 saturated heterocycles. The minimum Gasteiger partial charge on any atom is -0.319 e. The molecule has 0 atom stereocenters. The van der Waals surface area contributed by atoms with E-state index in [1.807, 2.05) is 36.4 Å². The summed E-state index contributed by atoms with van der Waals surface area (Å²) in [5.41, 5.74) is 3.08. The Bertz CT molecular complexity index is 765. The summed E-state index contributed by atoms with van der Waals surface area (Å²) in [5, 5.41) is 6.74. The molecule has 0 saturated carbocycles. The second kappa shape index (κ2) is 6.17. The van der Waals surface area contributed by atoms with Crippen LogP contribution in [0.1, 0.15) is 21.7 Å². The van der Waals surface area contributed by atoms with Gasteiger partial charge in [0.2, 0.25) is 5.82 Å². The van der Waals surface area contributed by atoms with Crippen LogP contribution in [0.2, 0.25) is 0 Å². The number of hydrogen-bond acceptors (Lipinski definition) is 4. The van der Waals surface area contributed by atoms with Crippen molar-refractivity contribution in [2.75, 3.05) is 5.32 Å². The van der Waals surface area contributed by atoms with Gasteiger partial charge in [-0.2, -0.15) is 0 Å². The number of nitrogens with one attached hydrogen (secondary N) is 1. The second-order valence-corrected chi connectivity index (χ2v) is 4.93. The molecule has 0 aliphatic rings. The fourth-order valence-electron chi connectivity index (χ4n) is 2.07. The van der Waals surface area contributed by atoms with Crippen molar-refractivity contribution in [2.45, 2.75) is 6.42 Å². The lowest BCUT2D eigenvalue weighted by atomic mass is 10.1. The fourth-order valence-corrected chi connectivity index (χ4v) is 2.07. The van der Waals surface area contributed by atoms with Crippen LogP contribution in [0.4, 0.5) is 5.69 Å². The van der Waals surface area contributed by atoms with Crippen LogP contribution in [0, 0.1) is 0 Å². The zero-order valence-electron chi connectivity index (χ0n) is 12.1. The molecular weight excluding hydrogens is 278 g/mol. The third kappa shape index (κ3) is 3.35. The van der Waals surface area contributed by atoms with E-state index in [0.29, 0.717) is 0 Å². The summed E-state index contributed by atoms with van der Waals surface area (Å²) in [4.78, 5) is 19.9. The molecule has 110 valence electrons. The molecule has 22 heavy (non-hydrogen) atoms. The van der Waals surface area contributed by atoms with Gasteiger partial charge in [0.1, 0.15) is 6.33 Å². The molecule has 2 aromatic heterocycles. The van der Waals surface area contributed by atoms with Gasteiger partial charge in [0.15, 0.2) is 0 Å². The highest BCUT2D eigenvalue weighted by molar-refractivity contribution is 6.01. The second-order valence-electron chi connectivity index (χ2n) is 4.93. The minimum absolute atomic E-state index is 0.156. The Labute approximate surface area is 127 Å². The number of anilines is 1. The van der Waals surface area contributed by atoms with Crippen molar-refractivity contribution in [2.24, 2.45) is 7.05 Å². The van der Waals surface area contributed by atoms with Crippen LogP contribution in [0.3, 0.4) is 0 Å². The number of benzene rings is 1. The number of aromatic nitrogens is 4. The number of carbonyl (C=O) groups is 1. The standard InChI is InChI=1S/C16H15N5O/c1-21-11-18-15(20-21)16(22)19-14-4-2-12(3-5-14)10-13-6-8-17-9-7-13/h2-9,11H,10H2,1H3,(H,19,22). The normalized spacial score (nSPS) is 10.4. The molecule has 6 heteroatoms. The average molecular weight is 293 g/mol. The topological polar surface area (TPSA) is 72.7 Å². The highest BCUT2D eigenvalue weighted by atomic mass is 16.2. The molecule has 0 fully saturated rings. The van der Waals surface area contributed by atoms with Gasteiger partial charge >= 0.3 is 0 Å². The van der Waals surface area contributed by atoms with Gasteiger partial charge in [-0.15, -0.1) is 5.10 Å². The monoisotopic (exact) mass is 293 g/mol. The molecule has 3 aromatic rings. The Hall–Kier alpha value is -3.02. The SMILES string of the molecule is Cn1cnc(C(=O)Nc2ccc(Cc3ccncc3)cc2)n1. The highest BCUT2D eigenvalue weighted by Gasteiger charge is 2.10. The summed E-state index contributed by atoms with van der Waals surface area (Å²) in [6.45, 7) is 0. The van der Waals surface area contributed by atoms with Crippen LogP contribution in [0.5, 0.6) is 0 Å². The Morgan fingerprint density at radius 3 is 2.41 bits per heavy atom. The number of amides is 1. The highest BCUT2D eigenvalue weighted by Crippen LogP contribution is 2.13. The molecule has 2 heterocycles. The van der Waals surface area contributed by atoms with E-state index in [-0.39, 0.29) is 11.7 Å². The molecule has 0 radical (unpaired) electrons. The van der Waals surface area contributed by atoms with Gasteiger partial charge in [-0.1, -0.05) is 12.1 Å². The first kappa shape index (κ1) is 13.9. The predicted molar refractivity (Wildman–Crippen MR) is 82.4 cm³/mol. The van der Waals surface area contributed by atoms with Gasteiger partial charge in [-0.25, -0.2) is 4.98 Å². The summed E-state index contributed by atoms with van der Waals surface area (Å²) in [6, 6.07) is 11.7. The molecule has 6 nitrogen and oxygen atoms in total. The van der Waals surface area contributed by atoms with Gasteiger partial charge in [0, 0.05) is 25.1 Å². The molecule has 0 aliphatic heterocycles. The van der Waals surface area contributed by atoms with Crippen LogP contribution in [0.25, 0.3) is 0 Å². The van der Waals surface area contributed by atoms with Crippen LogP contribution < -0.4 is 5.32 Å². The first-order valence-electron chi connectivity index (χ1n) is 6.85. The molecular formula is C16H15N5O. The summed E-state index contributed by atoms with van der Waals surface area (Å²) >= 11 is 0. The number of hydrogen-bond donors (Lipinski definition) is 1. The summed E-state index contributed by atoms with van der Waals surface area (Å²) in [7, 11) is 1.72. The quantitative estimate of drug-likeness (QED) is 0.799. The first-order chi connectivity index (χ1) is 10.7. The Morgan fingerprint density at radius 1 is 1.09 bits per heavy atom. The van der Waals surface area contributed by atoms with E-state index >= 15 is 0 Å². The van der Waals surface area contributed by atoms with Gasteiger partial charge in [-0.3, -0.25) is 14.5 Å². The van der Waals surface area contributed by atoms with Crippen LogP contribution in [0.15, 0.2) is 55.1 Å². The maximum absolute atomic E-state index is 11.9. The Morgan fingerprint density at radius 2 is 1.77 bits per heavy atom. The maximum atomic E-state index is 11.9. The largest absolute Gasteiger partial charge is 0.319 e. The molecule has 0 spiro atoms. The van der Waals surface area contributed by atoms with Crippen molar-refractivity contribution in [1.82, 2.24) is 19.7 Å². The maximum Gasteiger partial charge on any atom is 0.295 e. The zero-order valence-corrected chi connectivity index (χ0v) is 12.1. The van der Waals surface area contributed by atoms with Crippen LogP contribution >= 0.6 is 0 Å². The number of aryl methyl sites for hydroxylation is 1. The third-order valence-electron chi connectivity index (χ3n) is 3.17. The number of nitrogens with zero attached hydrogens (tertiary/aromatic N) is 4. The fraction of sp³-hybridized carbons (Fsp3) is 0.125. The van der Waals surface area contributed by atoms with Crippen LogP contribution in [-0.2, 0) is 13.5 Å². The predicted octanol–water partition coefficient (Wildman–Crippen LogP) is 2.05. The van der Waals surface area contributed by atoms with E-state index in [2.05, 4.69) is 20.4 Å². The smallest absolute Gasteiger partial charge is 0.295 e. The van der Waals surface area contributed by atoms with Crippen molar-refractivity contribution in [1.29, 1.82) is 0 Å². The average Bonchev–Trinajstić information content (AvgIpc) is 2.97. The lowest BCUT2D eigenvalue weighted by molar-refractivity contribution is 0.101. The van der Waals surface area contributed by atoms with Gasteiger partial charge in [0.25, 0.3) is 5.91 Å². The van der Waals surface area contributed by atoms with E-state index in [1.165, 1.54) is 22.1 Å². The van der Waals surface area contributed by atoms with E-state index < -0.39 is 0 Å². The van der Waals surface area contributed by atoms with Crippen molar-refractivity contribution >= 4 is 11.6 Å². The van der Waals surface area contributed by atoms with Crippen molar-refractivity contribution < 1.29 is 4.79 Å². The van der Waals surface area contributed by atoms with E-state index in [0.717, 1.165) is 12.1 Å². The van der Waals surface area contributed by atoms with Gasteiger partial charge in [-0.05, 0) is 41.8 Å². The third-order valence-corrected chi connectivity index (χ3v) is 3.17. The minimum atomic E-state index is -0.317. The van der Waals surface area contributed by atoms with Crippen molar-refractivity contribution in [3.8, 4) is 0 Å². The molecule has 3 rings (SSSR count). The zero-order chi connectivity index (χ0) is 15.4. The lowest BCUT2D eigenvalue weighted by Crippen LogP contribution is -2.14. The van der Waals surface area contributed by atoms with Gasteiger partial charge < -0.3 is 5.32 Å². The van der Waals surface area contributed by atoms with Crippen molar-refractivity contribution in [3.05, 3.63) is 72.1 Å². The summed E-state index contributed by atoms with van der Waals surface area (Å²) < 4.78 is 1.49. The van der Waals surface area contributed by atoms with Gasteiger partial charge in [0.05, 0.1) is 0 Å². The van der Waals surface area contributed by atoms with E-state index in [1.54, 1.807) is 19.4 Å². The lowest BCUT2D eigenvalue weighted by Gasteiger charge is -2.05. The van der Waals surface area contributed by atoms with E-state index in [9.17, 15) is 4.79 Å². The summed E-state index contributed by atoms with van der Waals surface area (Å²) in [5.74, 6) is -0.161. The molecule has 1 aromatic carbocycles.